The van der Waals surface area contributed by atoms with E-state index < -0.39 is 0 Å². The second-order valence-corrected chi connectivity index (χ2v) is 6.18. The van der Waals surface area contributed by atoms with Crippen molar-refractivity contribution >= 4 is 17.2 Å². The Kier molecular flexibility index (Phi) is 4.61. The predicted molar refractivity (Wildman–Crippen MR) is 83.3 cm³/mol. The summed E-state index contributed by atoms with van der Waals surface area (Å²) < 4.78 is 0. The number of aromatic nitrogens is 2. The number of nitrogens with one attached hydrogen (secondary N) is 1. The van der Waals surface area contributed by atoms with Gasteiger partial charge in [0.05, 0.1) is 0 Å². The Morgan fingerprint density at radius 2 is 2.35 bits per heavy atom. The molecule has 1 aliphatic rings. The minimum Gasteiger partial charge on any atom is -0.354 e. The van der Waals surface area contributed by atoms with E-state index in [1.165, 1.54) is 17.7 Å². The van der Waals surface area contributed by atoms with Crippen molar-refractivity contribution in [1.29, 1.82) is 0 Å². The maximum atomic E-state index is 4.21. The third-order valence-corrected chi connectivity index (χ3v) is 4.62. The second kappa shape index (κ2) is 6.81. The van der Waals surface area contributed by atoms with E-state index in [0.717, 1.165) is 31.9 Å². The van der Waals surface area contributed by atoms with Crippen LogP contribution in [0.15, 0.2) is 35.8 Å². The minimum atomic E-state index is 0.561. The van der Waals surface area contributed by atoms with Crippen LogP contribution in [-0.2, 0) is 6.42 Å². The molecule has 2 aromatic rings. The van der Waals surface area contributed by atoms with Gasteiger partial charge in [0.15, 0.2) is 5.82 Å². The Morgan fingerprint density at radius 3 is 3.15 bits per heavy atom. The van der Waals surface area contributed by atoms with Gasteiger partial charge >= 0.3 is 0 Å². The Balaban J connectivity index is 1.48. The molecule has 2 aromatic heterocycles. The molecule has 1 atom stereocenters. The van der Waals surface area contributed by atoms with Crippen molar-refractivity contribution in [2.75, 3.05) is 24.5 Å². The van der Waals surface area contributed by atoms with Crippen LogP contribution in [0.2, 0.25) is 0 Å². The Hall–Kier alpha value is -1.46. The van der Waals surface area contributed by atoms with E-state index in [-0.39, 0.29) is 0 Å². The summed E-state index contributed by atoms with van der Waals surface area (Å²) in [7, 11) is 0. The van der Waals surface area contributed by atoms with Crippen molar-refractivity contribution < 1.29 is 0 Å². The molecule has 0 aliphatic carbocycles. The van der Waals surface area contributed by atoms with Crippen molar-refractivity contribution in [2.24, 2.45) is 0 Å². The first-order valence-electron chi connectivity index (χ1n) is 7.20. The fourth-order valence-electron chi connectivity index (χ4n) is 2.67. The van der Waals surface area contributed by atoms with Gasteiger partial charge in [-0.25, -0.2) is 0 Å². The Morgan fingerprint density at radius 1 is 1.35 bits per heavy atom. The number of hydrogen-bond acceptors (Lipinski definition) is 5. The van der Waals surface area contributed by atoms with Gasteiger partial charge in [-0.15, -0.1) is 16.4 Å². The summed E-state index contributed by atoms with van der Waals surface area (Å²) >= 11 is 1.84. The van der Waals surface area contributed by atoms with E-state index >= 15 is 0 Å². The molecule has 5 heteroatoms. The first-order valence-corrected chi connectivity index (χ1v) is 8.08. The van der Waals surface area contributed by atoms with Crippen LogP contribution in [0.5, 0.6) is 0 Å². The molecule has 1 unspecified atom stereocenters. The quantitative estimate of drug-likeness (QED) is 0.917. The van der Waals surface area contributed by atoms with E-state index in [1.807, 2.05) is 23.5 Å². The first kappa shape index (κ1) is 13.5. The van der Waals surface area contributed by atoms with Gasteiger partial charge in [0.25, 0.3) is 0 Å². The summed E-state index contributed by atoms with van der Waals surface area (Å²) in [4.78, 5) is 3.79. The van der Waals surface area contributed by atoms with E-state index in [9.17, 15) is 0 Å². The molecule has 0 spiro atoms. The molecule has 1 fully saturated rings. The summed E-state index contributed by atoms with van der Waals surface area (Å²) in [6.07, 6.45) is 5.32. The molecule has 1 aliphatic heterocycles. The number of anilines is 1. The predicted octanol–water partition coefficient (Wildman–Crippen LogP) is 2.34. The molecule has 0 amide bonds. The van der Waals surface area contributed by atoms with Gasteiger partial charge in [0.2, 0.25) is 0 Å². The number of piperidine rings is 1. The topological polar surface area (TPSA) is 41.1 Å². The fourth-order valence-corrected chi connectivity index (χ4v) is 3.38. The molecule has 3 heterocycles. The van der Waals surface area contributed by atoms with Gasteiger partial charge in [-0.2, -0.15) is 5.10 Å². The van der Waals surface area contributed by atoms with Crippen molar-refractivity contribution in [3.8, 4) is 0 Å². The molecular weight excluding hydrogens is 268 g/mol. The monoisotopic (exact) mass is 288 g/mol. The molecule has 106 valence electrons. The molecule has 20 heavy (non-hydrogen) atoms. The van der Waals surface area contributed by atoms with E-state index in [4.69, 9.17) is 0 Å². The highest BCUT2D eigenvalue weighted by Gasteiger charge is 2.20. The Bertz CT molecular complexity index is 500. The number of hydrogen-bond donors (Lipinski definition) is 1. The summed E-state index contributed by atoms with van der Waals surface area (Å²) in [5, 5.41) is 14.0. The van der Waals surface area contributed by atoms with Crippen LogP contribution in [0.4, 0.5) is 5.82 Å². The third-order valence-electron chi connectivity index (χ3n) is 3.69. The molecule has 4 nitrogen and oxygen atoms in total. The first-order chi connectivity index (χ1) is 9.92. The van der Waals surface area contributed by atoms with E-state index in [1.54, 1.807) is 6.20 Å². The lowest BCUT2D eigenvalue weighted by atomic mass is 10.1. The summed E-state index contributed by atoms with van der Waals surface area (Å²) in [6, 6.07) is 8.89. The normalized spacial score (nSPS) is 19.2. The lowest BCUT2D eigenvalue weighted by Crippen LogP contribution is -2.46. The lowest BCUT2D eigenvalue weighted by molar-refractivity contribution is 0.423. The second-order valence-electron chi connectivity index (χ2n) is 5.15. The van der Waals surface area contributed by atoms with Crippen molar-refractivity contribution in [3.63, 3.8) is 0 Å². The van der Waals surface area contributed by atoms with Crippen molar-refractivity contribution in [1.82, 2.24) is 15.5 Å². The number of nitrogens with zero attached hydrogens (tertiary/aromatic N) is 3. The van der Waals surface area contributed by atoms with Gasteiger partial charge in [-0.1, -0.05) is 6.07 Å². The summed E-state index contributed by atoms with van der Waals surface area (Å²) in [5.74, 6) is 0.997. The average molecular weight is 288 g/mol. The zero-order chi connectivity index (χ0) is 13.6. The van der Waals surface area contributed by atoms with Crippen LogP contribution in [0.25, 0.3) is 0 Å². The molecule has 1 N–H and O–H groups in total. The van der Waals surface area contributed by atoms with Gasteiger partial charge in [0.1, 0.15) is 0 Å². The van der Waals surface area contributed by atoms with Crippen LogP contribution in [0.3, 0.4) is 0 Å². The molecule has 0 saturated carbocycles. The van der Waals surface area contributed by atoms with E-state index in [2.05, 4.69) is 37.9 Å². The van der Waals surface area contributed by atoms with E-state index in [0.29, 0.717) is 6.04 Å². The highest BCUT2D eigenvalue weighted by Crippen LogP contribution is 2.16. The summed E-state index contributed by atoms with van der Waals surface area (Å²) in [5.41, 5.74) is 0. The number of thiophene rings is 1. The van der Waals surface area contributed by atoms with Crippen molar-refractivity contribution in [3.05, 3.63) is 40.7 Å². The van der Waals surface area contributed by atoms with Gasteiger partial charge < -0.3 is 10.2 Å². The van der Waals surface area contributed by atoms with Crippen LogP contribution in [-0.4, -0.2) is 35.9 Å². The molecule has 3 rings (SSSR count). The minimum absolute atomic E-state index is 0.561. The van der Waals surface area contributed by atoms with Crippen LogP contribution < -0.4 is 10.2 Å². The number of rotatable bonds is 5. The highest BCUT2D eigenvalue weighted by molar-refractivity contribution is 7.09. The van der Waals surface area contributed by atoms with Crippen LogP contribution >= 0.6 is 11.3 Å². The van der Waals surface area contributed by atoms with Crippen LogP contribution in [0, 0.1) is 0 Å². The Labute approximate surface area is 123 Å². The zero-order valence-corrected chi connectivity index (χ0v) is 12.4. The van der Waals surface area contributed by atoms with Gasteiger partial charge in [0, 0.05) is 36.8 Å². The molecular formula is C15H20N4S. The third kappa shape index (κ3) is 3.55. The standard InChI is InChI=1S/C15H20N4S/c1-6-15(18-17-8-1)19-10-2-4-13(12-19)16-9-7-14-5-3-11-20-14/h1,3,5-6,8,11,13,16H,2,4,7,9-10,12H2. The largest absolute Gasteiger partial charge is 0.354 e. The van der Waals surface area contributed by atoms with Gasteiger partial charge in [-0.3, -0.25) is 0 Å². The molecule has 0 bridgehead atoms. The smallest absolute Gasteiger partial charge is 0.151 e. The SMILES string of the molecule is c1cnnc(N2CCCC(NCCc3cccs3)C2)c1. The lowest BCUT2D eigenvalue weighted by Gasteiger charge is -2.33. The van der Waals surface area contributed by atoms with Crippen molar-refractivity contribution in [2.45, 2.75) is 25.3 Å². The maximum Gasteiger partial charge on any atom is 0.151 e. The van der Waals surface area contributed by atoms with Gasteiger partial charge in [-0.05, 0) is 42.8 Å². The zero-order valence-electron chi connectivity index (χ0n) is 11.5. The average Bonchev–Trinajstić information content (AvgIpc) is 3.02. The molecule has 1 saturated heterocycles. The molecule has 0 radical (unpaired) electrons. The summed E-state index contributed by atoms with van der Waals surface area (Å²) in [6.45, 7) is 3.17. The fraction of sp³-hybridized carbons (Fsp3) is 0.467. The van der Waals surface area contributed by atoms with Crippen LogP contribution in [0.1, 0.15) is 17.7 Å². The highest BCUT2D eigenvalue weighted by atomic mass is 32.1. The molecule has 0 aromatic carbocycles. The maximum absolute atomic E-state index is 4.21.